The first-order valence-corrected chi connectivity index (χ1v) is 3.55. The van der Waals surface area contributed by atoms with Crippen LogP contribution in [-0.2, 0) is 6.42 Å². The summed E-state index contributed by atoms with van der Waals surface area (Å²) >= 11 is 0. The minimum Gasteiger partial charge on any atom is -0.469 e. The molecule has 0 unspecified atom stereocenters. The Morgan fingerprint density at radius 3 is 2.58 bits per heavy atom. The van der Waals surface area contributed by atoms with E-state index in [1.807, 2.05) is 12.1 Å². The van der Waals surface area contributed by atoms with Crippen molar-refractivity contribution in [3.63, 3.8) is 0 Å². The van der Waals surface area contributed by atoms with Crippen LogP contribution in [0.2, 0.25) is 0 Å². The highest BCUT2D eigenvalue weighted by atomic mass is 16.3. The average Bonchev–Trinajstić information content (AvgIpc) is 2.57. The lowest BCUT2D eigenvalue weighted by Crippen LogP contribution is -2.13. The molecule has 0 aliphatic carbocycles. The van der Waals surface area contributed by atoms with Crippen molar-refractivity contribution in [1.29, 1.82) is 10.5 Å². The molecule has 0 amide bonds. The van der Waals surface area contributed by atoms with Gasteiger partial charge in [0.2, 0.25) is 0 Å². The molecule has 0 saturated carbocycles. The van der Waals surface area contributed by atoms with E-state index in [0.717, 1.165) is 0 Å². The van der Waals surface area contributed by atoms with Crippen molar-refractivity contribution in [2.75, 3.05) is 0 Å². The van der Waals surface area contributed by atoms with Crippen molar-refractivity contribution >= 4 is 0 Å². The zero-order chi connectivity index (χ0) is 9.03. The summed E-state index contributed by atoms with van der Waals surface area (Å²) in [6.07, 6.45) is 1.87. The summed E-state index contributed by atoms with van der Waals surface area (Å²) in [5.74, 6) is 0.667. The van der Waals surface area contributed by atoms with Gasteiger partial charge in [0.1, 0.15) is 11.2 Å². The molecule has 12 heavy (non-hydrogen) atoms. The van der Waals surface area contributed by atoms with Gasteiger partial charge in [-0.05, 0) is 19.1 Å². The summed E-state index contributed by atoms with van der Waals surface area (Å²) < 4.78 is 5.03. The number of nitrogens with zero attached hydrogens (tertiary/aromatic N) is 2. The Labute approximate surface area is 70.8 Å². The van der Waals surface area contributed by atoms with Crippen molar-refractivity contribution < 1.29 is 4.42 Å². The molecular formula is C9H8N2O. The molecule has 3 nitrogen and oxygen atoms in total. The van der Waals surface area contributed by atoms with Gasteiger partial charge in [-0.15, -0.1) is 0 Å². The Bertz CT molecular complexity index is 312. The topological polar surface area (TPSA) is 60.7 Å². The van der Waals surface area contributed by atoms with E-state index in [4.69, 9.17) is 14.9 Å². The maximum atomic E-state index is 8.67. The Kier molecular flexibility index (Phi) is 2.16. The van der Waals surface area contributed by atoms with Crippen LogP contribution in [0, 0.1) is 28.1 Å². The van der Waals surface area contributed by atoms with Gasteiger partial charge in [-0.3, -0.25) is 0 Å². The van der Waals surface area contributed by atoms with Crippen molar-refractivity contribution in [2.45, 2.75) is 13.3 Å². The van der Waals surface area contributed by atoms with Crippen LogP contribution >= 0.6 is 0 Å². The normalized spacial score (nSPS) is 10.2. The van der Waals surface area contributed by atoms with Gasteiger partial charge in [0.25, 0.3) is 0 Å². The third-order valence-electron chi connectivity index (χ3n) is 1.60. The van der Waals surface area contributed by atoms with Crippen LogP contribution in [0.1, 0.15) is 12.7 Å². The monoisotopic (exact) mass is 160 g/mol. The summed E-state index contributed by atoms with van der Waals surface area (Å²) in [6, 6.07) is 7.39. The first-order chi connectivity index (χ1) is 5.70. The lowest BCUT2D eigenvalue weighted by atomic mass is 9.89. The van der Waals surface area contributed by atoms with Gasteiger partial charge < -0.3 is 4.42 Å². The number of rotatable bonds is 2. The SMILES string of the molecule is CC(C#N)(C#N)Cc1ccco1. The molecule has 0 aromatic carbocycles. The van der Waals surface area contributed by atoms with E-state index in [9.17, 15) is 0 Å². The minimum atomic E-state index is -0.974. The fourth-order valence-corrected chi connectivity index (χ4v) is 0.866. The van der Waals surface area contributed by atoms with Crippen LogP contribution in [0.3, 0.4) is 0 Å². The highest BCUT2D eigenvalue weighted by Gasteiger charge is 2.24. The lowest BCUT2D eigenvalue weighted by molar-refractivity contribution is 0.452. The van der Waals surface area contributed by atoms with E-state index >= 15 is 0 Å². The van der Waals surface area contributed by atoms with Crippen molar-refractivity contribution in [1.82, 2.24) is 0 Å². The maximum Gasteiger partial charge on any atom is 0.148 e. The molecule has 0 N–H and O–H groups in total. The fraction of sp³-hybridized carbons (Fsp3) is 0.333. The van der Waals surface area contributed by atoms with Gasteiger partial charge in [0, 0.05) is 6.42 Å². The molecule has 0 aliphatic heterocycles. The van der Waals surface area contributed by atoms with Crippen LogP contribution < -0.4 is 0 Å². The number of hydrogen-bond acceptors (Lipinski definition) is 3. The minimum absolute atomic E-state index is 0.340. The van der Waals surface area contributed by atoms with Crippen LogP contribution in [0.25, 0.3) is 0 Å². The molecule has 1 rings (SSSR count). The molecule has 1 heterocycles. The van der Waals surface area contributed by atoms with Crippen LogP contribution in [-0.4, -0.2) is 0 Å². The zero-order valence-corrected chi connectivity index (χ0v) is 6.74. The molecule has 60 valence electrons. The molecule has 0 bridgehead atoms. The molecule has 0 fully saturated rings. The van der Waals surface area contributed by atoms with Crippen molar-refractivity contribution in [3.8, 4) is 12.1 Å². The molecule has 0 saturated heterocycles. The van der Waals surface area contributed by atoms with Crippen LogP contribution in [0.15, 0.2) is 22.8 Å². The molecule has 3 heteroatoms. The predicted octanol–water partition coefficient (Wildman–Crippen LogP) is 1.88. The summed E-state index contributed by atoms with van der Waals surface area (Å²) in [5.41, 5.74) is -0.974. The highest BCUT2D eigenvalue weighted by molar-refractivity contribution is 5.16. The molecule has 0 atom stereocenters. The maximum absolute atomic E-state index is 8.67. The summed E-state index contributed by atoms with van der Waals surface area (Å²) in [5, 5.41) is 17.3. The second kappa shape index (κ2) is 3.11. The second-order valence-electron chi connectivity index (χ2n) is 2.81. The zero-order valence-electron chi connectivity index (χ0n) is 6.74. The standard InChI is InChI=1S/C9H8N2O/c1-9(6-10,7-11)5-8-3-2-4-12-8/h2-4H,5H2,1H3. The Morgan fingerprint density at radius 2 is 2.17 bits per heavy atom. The third-order valence-corrected chi connectivity index (χ3v) is 1.60. The summed E-state index contributed by atoms with van der Waals surface area (Å²) in [4.78, 5) is 0. The molecule has 1 aromatic rings. The van der Waals surface area contributed by atoms with Gasteiger partial charge >= 0.3 is 0 Å². The number of nitriles is 2. The van der Waals surface area contributed by atoms with Crippen molar-refractivity contribution in [2.24, 2.45) is 5.41 Å². The van der Waals surface area contributed by atoms with Gasteiger partial charge in [-0.25, -0.2) is 0 Å². The lowest BCUT2D eigenvalue weighted by Gasteiger charge is -2.08. The average molecular weight is 160 g/mol. The predicted molar refractivity (Wildman–Crippen MR) is 41.7 cm³/mol. The second-order valence-corrected chi connectivity index (χ2v) is 2.81. The Balaban J connectivity index is 2.77. The molecule has 0 spiro atoms. The molecular weight excluding hydrogens is 152 g/mol. The Hall–Kier alpha value is -1.74. The quantitative estimate of drug-likeness (QED) is 0.663. The smallest absolute Gasteiger partial charge is 0.148 e. The van der Waals surface area contributed by atoms with Gasteiger partial charge in [0.15, 0.2) is 0 Å². The van der Waals surface area contributed by atoms with Gasteiger partial charge in [-0.2, -0.15) is 10.5 Å². The summed E-state index contributed by atoms with van der Waals surface area (Å²) in [6.45, 7) is 1.59. The van der Waals surface area contributed by atoms with Gasteiger partial charge in [0.05, 0.1) is 18.4 Å². The largest absolute Gasteiger partial charge is 0.469 e. The van der Waals surface area contributed by atoms with Crippen LogP contribution in [0.4, 0.5) is 0 Å². The van der Waals surface area contributed by atoms with Crippen LogP contribution in [0.5, 0.6) is 0 Å². The highest BCUT2D eigenvalue weighted by Crippen LogP contribution is 2.20. The van der Waals surface area contributed by atoms with Gasteiger partial charge in [-0.1, -0.05) is 0 Å². The first kappa shape index (κ1) is 8.36. The fourth-order valence-electron chi connectivity index (χ4n) is 0.866. The van der Waals surface area contributed by atoms with E-state index in [1.165, 1.54) is 6.26 Å². The number of hydrogen-bond donors (Lipinski definition) is 0. The Morgan fingerprint density at radius 1 is 1.50 bits per heavy atom. The van der Waals surface area contributed by atoms with E-state index < -0.39 is 5.41 Å². The van der Waals surface area contributed by atoms with E-state index in [-0.39, 0.29) is 0 Å². The summed E-state index contributed by atoms with van der Waals surface area (Å²) in [7, 11) is 0. The number of furan rings is 1. The van der Waals surface area contributed by atoms with Crippen molar-refractivity contribution in [3.05, 3.63) is 24.2 Å². The van der Waals surface area contributed by atoms with E-state index in [1.54, 1.807) is 19.1 Å². The molecule has 0 radical (unpaired) electrons. The first-order valence-electron chi connectivity index (χ1n) is 3.55. The van der Waals surface area contributed by atoms with E-state index in [0.29, 0.717) is 12.2 Å². The molecule has 1 aromatic heterocycles. The van der Waals surface area contributed by atoms with E-state index in [2.05, 4.69) is 0 Å². The molecule has 0 aliphatic rings. The third kappa shape index (κ3) is 1.65.